The summed E-state index contributed by atoms with van der Waals surface area (Å²) in [6, 6.07) is 14.1. The van der Waals surface area contributed by atoms with Gasteiger partial charge in [-0.2, -0.15) is 0 Å². The van der Waals surface area contributed by atoms with Crippen LogP contribution in [0.1, 0.15) is 24.1 Å². The highest BCUT2D eigenvalue weighted by Gasteiger charge is 2.36. The molecule has 1 N–H and O–H groups in total. The Morgan fingerprint density at radius 3 is 2.42 bits per heavy atom. The molecule has 2 aromatic rings. The van der Waals surface area contributed by atoms with Gasteiger partial charge in [0.05, 0.1) is 25.3 Å². The molecule has 0 bridgehead atoms. The summed E-state index contributed by atoms with van der Waals surface area (Å²) in [4.78, 5) is 26.6. The zero-order valence-corrected chi connectivity index (χ0v) is 14.5. The first-order valence-corrected chi connectivity index (χ1v) is 8.17. The second-order valence-corrected chi connectivity index (χ2v) is 6.00. The highest BCUT2D eigenvalue weighted by molar-refractivity contribution is 5.95. The molecule has 3 rings (SSSR count). The summed E-state index contributed by atoms with van der Waals surface area (Å²) in [5, 5.41) is 2.82. The van der Waals surface area contributed by atoms with Crippen molar-refractivity contribution in [2.24, 2.45) is 0 Å². The fourth-order valence-electron chi connectivity index (χ4n) is 3.02. The molecule has 0 aromatic heterocycles. The zero-order chi connectivity index (χ0) is 18.7. The number of halogens is 1. The minimum Gasteiger partial charge on any atom is -0.466 e. The van der Waals surface area contributed by atoms with E-state index in [-0.39, 0.29) is 11.8 Å². The first-order chi connectivity index (χ1) is 12.5. The van der Waals surface area contributed by atoms with Crippen molar-refractivity contribution in [1.82, 2.24) is 10.2 Å². The number of benzene rings is 2. The molecule has 1 aliphatic heterocycles. The Kier molecular flexibility index (Phi) is 5.02. The Hall–Kier alpha value is -3.15. The maximum atomic E-state index is 13.2. The van der Waals surface area contributed by atoms with Gasteiger partial charge < -0.3 is 10.1 Å². The molecule has 6 heteroatoms. The van der Waals surface area contributed by atoms with E-state index in [2.05, 4.69) is 5.32 Å². The molecule has 26 heavy (non-hydrogen) atoms. The van der Waals surface area contributed by atoms with Crippen LogP contribution in [-0.4, -0.2) is 24.0 Å². The number of nitrogens with one attached hydrogen (secondary N) is 1. The molecule has 1 aliphatic rings. The summed E-state index contributed by atoms with van der Waals surface area (Å²) in [5.74, 6) is -0.920. The molecule has 0 fully saturated rings. The third kappa shape index (κ3) is 3.44. The Labute approximate surface area is 151 Å². The van der Waals surface area contributed by atoms with Crippen LogP contribution in [0.25, 0.3) is 0 Å². The second kappa shape index (κ2) is 7.39. The molecule has 0 aliphatic carbocycles. The highest BCUT2D eigenvalue weighted by Crippen LogP contribution is 2.32. The summed E-state index contributed by atoms with van der Waals surface area (Å²) >= 11 is 0. The Morgan fingerprint density at radius 2 is 1.81 bits per heavy atom. The van der Waals surface area contributed by atoms with E-state index in [0.717, 1.165) is 5.56 Å². The van der Waals surface area contributed by atoms with Gasteiger partial charge in [0, 0.05) is 5.70 Å². The lowest BCUT2D eigenvalue weighted by atomic mass is 9.94. The lowest BCUT2D eigenvalue weighted by Crippen LogP contribution is -2.47. The molecule has 5 nitrogen and oxygen atoms in total. The summed E-state index contributed by atoms with van der Waals surface area (Å²) in [6.07, 6.45) is 0. The van der Waals surface area contributed by atoms with Gasteiger partial charge in [-0.3, -0.25) is 4.90 Å². The molecule has 0 saturated carbocycles. The molecule has 2 amide bonds. The van der Waals surface area contributed by atoms with Gasteiger partial charge in [-0.25, -0.2) is 14.0 Å². The second-order valence-electron chi connectivity index (χ2n) is 6.00. The third-order valence-corrected chi connectivity index (χ3v) is 4.39. The highest BCUT2D eigenvalue weighted by atomic mass is 19.1. The predicted octanol–water partition coefficient (Wildman–Crippen LogP) is 3.54. The Balaban J connectivity index is 2.02. The van der Waals surface area contributed by atoms with E-state index in [1.54, 1.807) is 19.1 Å². The van der Waals surface area contributed by atoms with E-state index in [1.165, 1.54) is 24.1 Å². The van der Waals surface area contributed by atoms with Crippen molar-refractivity contribution in [3.05, 3.63) is 82.8 Å². The van der Waals surface area contributed by atoms with Gasteiger partial charge in [0.25, 0.3) is 0 Å². The van der Waals surface area contributed by atoms with Gasteiger partial charge in [-0.05, 0) is 30.2 Å². The van der Waals surface area contributed by atoms with E-state index in [4.69, 9.17) is 4.74 Å². The van der Waals surface area contributed by atoms with Gasteiger partial charge >= 0.3 is 12.0 Å². The van der Waals surface area contributed by atoms with Crippen LogP contribution in [0.3, 0.4) is 0 Å². The molecule has 1 heterocycles. The van der Waals surface area contributed by atoms with Gasteiger partial charge in [0.2, 0.25) is 0 Å². The largest absolute Gasteiger partial charge is 0.466 e. The minimum absolute atomic E-state index is 0.326. The van der Waals surface area contributed by atoms with Crippen molar-refractivity contribution in [2.45, 2.75) is 19.5 Å². The van der Waals surface area contributed by atoms with Crippen molar-refractivity contribution in [2.75, 3.05) is 7.11 Å². The van der Waals surface area contributed by atoms with E-state index in [9.17, 15) is 14.0 Å². The molecule has 2 aromatic carbocycles. The van der Waals surface area contributed by atoms with Crippen molar-refractivity contribution in [3.63, 3.8) is 0 Å². The molecule has 0 radical (unpaired) electrons. The lowest BCUT2D eigenvalue weighted by Gasteiger charge is -2.35. The fraction of sp³-hybridized carbons (Fsp3) is 0.200. The van der Waals surface area contributed by atoms with Crippen LogP contribution < -0.4 is 5.32 Å². The number of urea groups is 1. The van der Waals surface area contributed by atoms with Crippen LogP contribution in [0.5, 0.6) is 0 Å². The third-order valence-electron chi connectivity index (χ3n) is 4.39. The number of nitrogens with zero attached hydrogens (tertiary/aromatic N) is 1. The number of methoxy groups -OCH3 is 1. The first kappa shape index (κ1) is 17.7. The number of esters is 1. The van der Waals surface area contributed by atoms with E-state index < -0.39 is 12.0 Å². The van der Waals surface area contributed by atoms with E-state index in [1.807, 2.05) is 30.3 Å². The molecule has 1 atom stereocenters. The number of hydrogen-bond donors (Lipinski definition) is 1. The van der Waals surface area contributed by atoms with E-state index in [0.29, 0.717) is 23.4 Å². The SMILES string of the molecule is COC(=O)C1=C(C)N(Cc2ccccc2)C(=O)N[C@H]1c1ccc(F)cc1. The quantitative estimate of drug-likeness (QED) is 0.855. The van der Waals surface area contributed by atoms with Crippen LogP contribution in [0.15, 0.2) is 65.9 Å². The van der Waals surface area contributed by atoms with Crippen molar-refractivity contribution in [1.29, 1.82) is 0 Å². The van der Waals surface area contributed by atoms with Crippen LogP contribution in [0, 0.1) is 5.82 Å². The average Bonchev–Trinajstić information content (AvgIpc) is 2.65. The Morgan fingerprint density at radius 1 is 1.15 bits per heavy atom. The van der Waals surface area contributed by atoms with Crippen LogP contribution in [-0.2, 0) is 16.1 Å². The molecule has 0 spiro atoms. The predicted molar refractivity (Wildman–Crippen MR) is 94.4 cm³/mol. The molecular formula is C20H19FN2O3. The topological polar surface area (TPSA) is 58.6 Å². The first-order valence-electron chi connectivity index (χ1n) is 8.17. The van der Waals surface area contributed by atoms with E-state index >= 15 is 0 Å². The van der Waals surface area contributed by atoms with Crippen LogP contribution in [0.2, 0.25) is 0 Å². The maximum absolute atomic E-state index is 13.2. The number of rotatable bonds is 4. The monoisotopic (exact) mass is 354 g/mol. The van der Waals surface area contributed by atoms with Crippen molar-refractivity contribution >= 4 is 12.0 Å². The van der Waals surface area contributed by atoms with Crippen LogP contribution >= 0.6 is 0 Å². The Bertz CT molecular complexity index is 847. The standard InChI is InChI=1S/C20H19FN2O3/c1-13-17(19(24)26-2)18(15-8-10-16(21)11-9-15)22-20(25)23(13)12-14-6-4-3-5-7-14/h3-11,18H,12H2,1-2H3,(H,22,25)/t18-/m0/s1. The normalized spacial score (nSPS) is 17.1. The van der Waals surface area contributed by atoms with Crippen LogP contribution in [0.4, 0.5) is 9.18 Å². The van der Waals surface area contributed by atoms with Gasteiger partial charge in [0.15, 0.2) is 0 Å². The summed E-state index contributed by atoms with van der Waals surface area (Å²) in [7, 11) is 1.29. The average molecular weight is 354 g/mol. The lowest BCUT2D eigenvalue weighted by molar-refractivity contribution is -0.136. The number of carbonyl (C=O) groups is 2. The number of carbonyl (C=O) groups excluding carboxylic acids is 2. The number of hydrogen-bond acceptors (Lipinski definition) is 3. The number of amides is 2. The molecule has 0 saturated heterocycles. The molecular weight excluding hydrogens is 335 g/mol. The summed E-state index contributed by atoms with van der Waals surface area (Å²) < 4.78 is 18.2. The summed E-state index contributed by atoms with van der Waals surface area (Å²) in [5.41, 5.74) is 2.39. The smallest absolute Gasteiger partial charge is 0.337 e. The van der Waals surface area contributed by atoms with Crippen molar-refractivity contribution < 1.29 is 18.7 Å². The molecule has 134 valence electrons. The molecule has 0 unspecified atom stereocenters. The zero-order valence-electron chi connectivity index (χ0n) is 14.5. The number of ether oxygens (including phenoxy) is 1. The number of allylic oxidation sites excluding steroid dienone is 1. The minimum atomic E-state index is -0.692. The fourth-order valence-corrected chi connectivity index (χ4v) is 3.02. The van der Waals surface area contributed by atoms with Gasteiger partial charge in [-0.15, -0.1) is 0 Å². The van der Waals surface area contributed by atoms with Gasteiger partial charge in [-0.1, -0.05) is 42.5 Å². The van der Waals surface area contributed by atoms with Crippen molar-refractivity contribution in [3.8, 4) is 0 Å². The summed E-state index contributed by atoms with van der Waals surface area (Å²) in [6.45, 7) is 2.04. The maximum Gasteiger partial charge on any atom is 0.337 e. The van der Waals surface area contributed by atoms with Gasteiger partial charge in [0.1, 0.15) is 5.82 Å².